The van der Waals surface area contributed by atoms with Crippen LogP contribution in [0.2, 0.25) is 0 Å². The van der Waals surface area contributed by atoms with Crippen LogP contribution in [0.4, 0.5) is 0 Å². The summed E-state index contributed by atoms with van der Waals surface area (Å²) < 4.78 is 0. The lowest BCUT2D eigenvalue weighted by Gasteiger charge is -2.22. The van der Waals surface area contributed by atoms with Crippen molar-refractivity contribution in [2.45, 2.75) is 38.8 Å². The van der Waals surface area contributed by atoms with E-state index < -0.39 is 12.0 Å². The summed E-state index contributed by atoms with van der Waals surface area (Å²) >= 11 is 0. The Balaban J connectivity index is 4.18. The number of nitrogens with two attached hydrogens (primary N) is 1. The maximum Gasteiger partial charge on any atom is 0.326 e. The number of likely N-dealkylation sites (N-methyl/N-ethyl adjacent to an activating group) is 1. The minimum Gasteiger partial charge on any atom is -0.480 e. The highest BCUT2D eigenvalue weighted by Crippen LogP contribution is 2.02. The molecule has 0 aliphatic rings. The monoisotopic (exact) mass is 202 g/mol. The van der Waals surface area contributed by atoms with Crippen molar-refractivity contribution in [2.24, 2.45) is 5.73 Å². The molecule has 0 heterocycles. The molecule has 0 aromatic rings. The Morgan fingerprint density at radius 1 is 1.50 bits per heavy atom. The van der Waals surface area contributed by atoms with Gasteiger partial charge in [0.15, 0.2) is 0 Å². The molecule has 0 aromatic heterocycles. The van der Waals surface area contributed by atoms with Crippen molar-refractivity contribution in [1.82, 2.24) is 4.90 Å². The number of carbonyl (C=O) groups is 2. The average Bonchev–Trinajstić information content (AvgIpc) is 2.14. The molecule has 1 amide bonds. The van der Waals surface area contributed by atoms with Crippen molar-refractivity contribution in [3.8, 4) is 0 Å². The van der Waals surface area contributed by atoms with E-state index >= 15 is 0 Å². The third-order valence-corrected chi connectivity index (χ3v) is 2.29. The number of rotatable bonds is 5. The van der Waals surface area contributed by atoms with E-state index in [9.17, 15) is 9.59 Å². The second kappa shape index (κ2) is 5.59. The van der Waals surface area contributed by atoms with Gasteiger partial charge in [-0.25, -0.2) is 4.79 Å². The van der Waals surface area contributed by atoms with Gasteiger partial charge in [-0.05, 0) is 13.3 Å². The fourth-order valence-electron chi connectivity index (χ4n) is 0.894. The topological polar surface area (TPSA) is 83.6 Å². The number of amides is 1. The molecule has 0 radical (unpaired) electrons. The van der Waals surface area contributed by atoms with Crippen LogP contribution in [0.1, 0.15) is 26.7 Å². The van der Waals surface area contributed by atoms with Crippen molar-refractivity contribution in [1.29, 1.82) is 0 Å². The van der Waals surface area contributed by atoms with Crippen molar-refractivity contribution in [3.63, 3.8) is 0 Å². The molecule has 3 N–H and O–H groups in total. The first kappa shape index (κ1) is 12.9. The molecule has 0 rings (SSSR count). The Hall–Kier alpha value is -1.10. The molecule has 0 aliphatic heterocycles. The largest absolute Gasteiger partial charge is 0.480 e. The summed E-state index contributed by atoms with van der Waals surface area (Å²) in [4.78, 5) is 23.2. The summed E-state index contributed by atoms with van der Waals surface area (Å²) in [6.45, 7) is 3.36. The van der Waals surface area contributed by atoms with Crippen molar-refractivity contribution >= 4 is 11.9 Å². The Morgan fingerprint density at radius 2 is 2.00 bits per heavy atom. The number of nitrogens with zero attached hydrogens (tertiary/aromatic N) is 1. The second-order valence-corrected chi connectivity index (χ2v) is 3.39. The van der Waals surface area contributed by atoms with Crippen LogP contribution in [0.25, 0.3) is 0 Å². The molecular weight excluding hydrogens is 184 g/mol. The number of aliphatic carboxylic acids is 1. The molecule has 0 aromatic carbocycles. The van der Waals surface area contributed by atoms with E-state index in [2.05, 4.69) is 0 Å². The molecule has 2 unspecified atom stereocenters. The van der Waals surface area contributed by atoms with Crippen LogP contribution in [-0.4, -0.2) is 41.0 Å². The SMILES string of the molecule is CCC(N)CC(=O)N(C)C(C)C(=O)O. The highest BCUT2D eigenvalue weighted by Gasteiger charge is 2.22. The first-order valence-electron chi connectivity index (χ1n) is 4.64. The summed E-state index contributed by atoms with van der Waals surface area (Å²) in [6.07, 6.45) is 0.908. The molecule has 0 saturated heterocycles. The number of hydrogen-bond acceptors (Lipinski definition) is 3. The molecule has 0 aliphatic carbocycles. The molecule has 14 heavy (non-hydrogen) atoms. The van der Waals surface area contributed by atoms with E-state index in [1.165, 1.54) is 18.9 Å². The third kappa shape index (κ3) is 3.74. The molecule has 0 fully saturated rings. The van der Waals surface area contributed by atoms with Gasteiger partial charge in [-0.1, -0.05) is 6.92 Å². The van der Waals surface area contributed by atoms with Gasteiger partial charge in [-0.15, -0.1) is 0 Å². The van der Waals surface area contributed by atoms with Gasteiger partial charge in [0.2, 0.25) is 5.91 Å². The van der Waals surface area contributed by atoms with Crippen molar-refractivity contribution in [3.05, 3.63) is 0 Å². The average molecular weight is 202 g/mol. The normalized spacial score (nSPS) is 14.6. The maximum absolute atomic E-state index is 11.4. The van der Waals surface area contributed by atoms with Gasteiger partial charge < -0.3 is 15.7 Å². The summed E-state index contributed by atoms with van der Waals surface area (Å²) in [5, 5.41) is 8.67. The Labute approximate surface area is 83.9 Å². The zero-order valence-electron chi connectivity index (χ0n) is 8.86. The summed E-state index contributed by atoms with van der Waals surface area (Å²) in [5.74, 6) is -1.24. The van der Waals surface area contributed by atoms with Crippen LogP contribution >= 0.6 is 0 Å². The van der Waals surface area contributed by atoms with Crippen LogP contribution in [0.15, 0.2) is 0 Å². The van der Waals surface area contributed by atoms with Crippen LogP contribution in [-0.2, 0) is 9.59 Å². The van der Waals surface area contributed by atoms with E-state index in [0.29, 0.717) is 6.42 Å². The molecule has 5 nitrogen and oxygen atoms in total. The molecule has 82 valence electrons. The molecule has 0 saturated carbocycles. The van der Waals surface area contributed by atoms with Gasteiger partial charge in [0, 0.05) is 19.5 Å². The van der Waals surface area contributed by atoms with Crippen LogP contribution in [0.3, 0.4) is 0 Å². The fraction of sp³-hybridized carbons (Fsp3) is 0.778. The zero-order valence-corrected chi connectivity index (χ0v) is 8.86. The first-order valence-corrected chi connectivity index (χ1v) is 4.64. The standard InChI is InChI=1S/C9H18N2O3/c1-4-7(10)5-8(12)11(3)6(2)9(13)14/h6-7H,4-5,10H2,1-3H3,(H,13,14). The maximum atomic E-state index is 11.4. The van der Waals surface area contributed by atoms with E-state index in [1.807, 2.05) is 6.92 Å². The Bertz CT molecular complexity index is 218. The quantitative estimate of drug-likeness (QED) is 0.659. The fourth-order valence-corrected chi connectivity index (χ4v) is 0.894. The lowest BCUT2D eigenvalue weighted by Crippen LogP contribution is -2.42. The van der Waals surface area contributed by atoms with Crippen LogP contribution in [0.5, 0.6) is 0 Å². The lowest BCUT2D eigenvalue weighted by molar-refractivity contribution is -0.148. The predicted octanol–water partition coefficient (Wildman–Crippen LogP) is 0.0453. The Morgan fingerprint density at radius 3 is 2.36 bits per heavy atom. The van der Waals surface area contributed by atoms with Gasteiger partial charge in [-0.2, -0.15) is 0 Å². The van der Waals surface area contributed by atoms with Gasteiger partial charge in [0.25, 0.3) is 0 Å². The molecule has 5 heteroatoms. The Kier molecular flexibility index (Phi) is 5.15. The van der Waals surface area contributed by atoms with E-state index in [4.69, 9.17) is 10.8 Å². The first-order chi connectivity index (χ1) is 6.40. The summed E-state index contributed by atoms with van der Waals surface area (Å²) in [6, 6.07) is -0.988. The number of carboxylic acid groups (broad SMARTS) is 1. The second-order valence-electron chi connectivity index (χ2n) is 3.39. The number of carbonyl (C=O) groups excluding carboxylic acids is 1. The van der Waals surface area contributed by atoms with Gasteiger partial charge in [0.05, 0.1) is 0 Å². The smallest absolute Gasteiger partial charge is 0.326 e. The molecule has 0 bridgehead atoms. The highest BCUT2D eigenvalue weighted by atomic mass is 16.4. The number of carboxylic acids is 1. The van der Waals surface area contributed by atoms with E-state index in [0.717, 1.165) is 0 Å². The minimum absolute atomic E-state index is 0.189. The van der Waals surface area contributed by atoms with E-state index in [1.54, 1.807) is 0 Å². The zero-order chi connectivity index (χ0) is 11.3. The molecule has 2 atom stereocenters. The van der Waals surface area contributed by atoms with Crippen molar-refractivity contribution < 1.29 is 14.7 Å². The summed E-state index contributed by atoms with van der Waals surface area (Å²) in [5.41, 5.74) is 5.59. The molecular formula is C9H18N2O3. The predicted molar refractivity (Wildman–Crippen MR) is 52.8 cm³/mol. The van der Waals surface area contributed by atoms with E-state index in [-0.39, 0.29) is 18.4 Å². The highest BCUT2D eigenvalue weighted by molar-refractivity contribution is 5.83. The summed E-state index contributed by atoms with van der Waals surface area (Å²) in [7, 11) is 1.48. The van der Waals surface area contributed by atoms with Crippen LogP contribution < -0.4 is 5.73 Å². The van der Waals surface area contributed by atoms with Crippen molar-refractivity contribution in [2.75, 3.05) is 7.05 Å². The van der Waals surface area contributed by atoms with Gasteiger partial charge in [-0.3, -0.25) is 4.79 Å². The molecule has 0 spiro atoms. The van der Waals surface area contributed by atoms with Crippen LogP contribution in [0, 0.1) is 0 Å². The van der Waals surface area contributed by atoms with Gasteiger partial charge in [0.1, 0.15) is 6.04 Å². The minimum atomic E-state index is -1.01. The lowest BCUT2D eigenvalue weighted by atomic mass is 10.1. The number of hydrogen-bond donors (Lipinski definition) is 2. The third-order valence-electron chi connectivity index (χ3n) is 2.29. The van der Waals surface area contributed by atoms with Gasteiger partial charge >= 0.3 is 5.97 Å².